The first-order valence-corrected chi connectivity index (χ1v) is 12.6. The number of nitrogens with zero attached hydrogens (tertiary/aromatic N) is 1. The normalized spacial score (nSPS) is 18.6. The van der Waals surface area contributed by atoms with Crippen LogP contribution in [0.3, 0.4) is 0 Å². The molecule has 202 valence electrons. The SMILES string of the molecule is C/C=C(/OC)C(OC(=O)C(O)CCC)C1CN(CCC)CCc2cc3c(cc21)OCO3.COC(C)=O. The van der Waals surface area contributed by atoms with Gasteiger partial charge in [-0.2, -0.15) is 0 Å². The third-order valence-electron chi connectivity index (χ3n) is 6.26. The number of aliphatic hydroxyl groups excluding tert-OH is 1. The molecule has 0 bridgehead atoms. The second-order valence-corrected chi connectivity index (χ2v) is 8.81. The number of rotatable bonds is 9. The van der Waals surface area contributed by atoms with Gasteiger partial charge >= 0.3 is 11.9 Å². The maximum Gasteiger partial charge on any atom is 0.335 e. The molecule has 2 heterocycles. The van der Waals surface area contributed by atoms with E-state index in [2.05, 4.69) is 16.6 Å². The molecule has 0 aromatic heterocycles. The van der Waals surface area contributed by atoms with Gasteiger partial charge in [0.1, 0.15) is 5.76 Å². The maximum atomic E-state index is 12.7. The minimum absolute atomic E-state index is 0.164. The average Bonchev–Trinajstić information content (AvgIpc) is 3.25. The molecule has 3 atom stereocenters. The Morgan fingerprint density at radius 3 is 2.39 bits per heavy atom. The molecule has 3 unspecified atom stereocenters. The van der Waals surface area contributed by atoms with Crippen molar-refractivity contribution in [2.45, 2.75) is 71.5 Å². The molecule has 1 aromatic rings. The lowest BCUT2D eigenvalue weighted by Gasteiger charge is -2.32. The second kappa shape index (κ2) is 14.7. The number of aliphatic hydroxyl groups is 1. The van der Waals surface area contributed by atoms with Gasteiger partial charge in [0.05, 0.1) is 14.2 Å². The van der Waals surface area contributed by atoms with Gasteiger partial charge in [0.15, 0.2) is 23.7 Å². The van der Waals surface area contributed by atoms with E-state index in [0.717, 1.165) is 42.8 Å². The van der Waals surface area contributed by atoms with Crippen molar-refractivity contribution in [1.29, 1.82) is 0 Å². The van der Waals surface area contributed by atoms with E-state index in [4.69, 9.17) is 18.9 Å². The minimum atomic E-state index is -1.14. The third kappa shape index (κ3) is 7.86. The number of ether oxygens (including phenoxy) is 5. The van der Waals surface area contributed by atoms with Gasteiger partial charge in [-0.15, -0.1) is 0 Å². The van der Waals surface area contributed by atoms with Crippen LogP contribution in [-0.2, 0) is 30.2 Å². The highest BCUT2D eigenvalue weighted by Crippen LogP contribution is 2.41. The number of hydrogen-bond donors (Lipinski definition) is 1. The highest BCUT2D eigenvalue weighted by atomic mass is 16.7. The summed E-state index contributed by atoms with van der Waals surface area (Å²) in [5.41, 5.74) is 2.23. The fourth-order valence-electron chi connectivity index (χ4n) is 4.42. The summed E-state index contributed by atoms with van der Waals surface area (Å²) in [7, 11) is 2.93. The number of carbonyl (C=O) groups excluding carboxylic acids is 2. The summed E-state index contributed by atoms with van der Waals surface area (Å²) in [6.07, 6.45) is 3.01. The Hall–Kier alpha value is -2.78. The summed E-state index contributed by atoms with van der Waals surface area (Å²) in [6, 6.07) is 4.07. The zero-order valence-corrected chi connectivity index (χ0v) is 22.4. The summed E-state index contributed by atoms with van der Waals surface area (Å²) >= 11 is 0. The van der Waals surface area contributed by atoms with Crippen LogP contribution >= 0.6 is 0 Å². The van der Waals surface area contributed by atoms with E-state index < -0.39 is 18.2 Å². The molecular formula is C27H41NO8. The van der Waals surface area contributed by atoms with Crippen LogP contribution in [-0.4, -0.2) is 74.8 Å². The van der Waals surface area contributed by atoms with Crippen LogP contribution in [0.15, 0.2) is 24.0 Å². The summed E-state index contributed by atoms with van der Waals surface area (Å²) < 4.78 is 26.9. The summed E-state index contributed by atoms with van der Waals surface area (Å²) in [6.45, 7) is 10.1. The number of fused-ring (bicyclic) bond motifs is 2. The predicted octanol–water partition coefficient (Wildman–Crippen LogP) is 3.57. The van der Waals surface area contributed by atoms with Crippen LogP contribution in [0.1, 0.15) is 64.0 Å². The van der Waals surface area contributed by atoms with E-state index in [1.54, 1.807) is 7.11 Å². The molecule has 1 aromatic carbocycles. The predicted molar refractivity (Wildman–Crippen MR) is 135 cm³/mol. The highest BCUT2D eigenvalue weighted by Gasteiger charge is 2.37. The number of allylic oxidation sites excluding steroid dienone is 1. The first-order valence-electron chi connectivity index (χ1n) is 12.6. The lowest BCUT2D eigenvalue weighted by atomic mass is 9.87. The molecule has 0 fully saturated rings. The van der Waals surface area contributed by atoms with Gasteiger partial charge in [-0.1, -0.05) is 20.3 Å². The summed E-state index contributed by atoms with van der Waals surface area (Å²) in [4.78, 5) is 24.7. The molecule has 3 rings (SSSR count). The van der Waals surface area contributed by atoms with Crippen molar-refractivity contribution in [2.24, 2.45) is 0 Å². The first-order chi connectivity index (χ1) is 17.3. The molecule has 1 N–H and O–H groups in total. The largest absolute Gasteiger partial charge is 0.497 e. The Kier molecular flexibility index (Phi) is 12.0. The van der Waals surface area contributed by atoms with Gasteiger partial charge in [-0.25, -0.2) is 4.79 Å². The van der Waals surface area contributed by atoms with Crippen molar-refractivity contribution in [3.8, 4) is 11.5 Å². The molecule has 0 amide bonds. The summed E-state index contributed by atoms with van der Waals surface area (Å²) in [5, 5.41) is 10.2. The molecule has 36 heavy (non-hydrogen) atoms. The molecule has 2 aliphatic heterocycles. The van der Waals surface area contributed by atoms with Crippen molar-refractivity contribution in [3.05, 3.63) is 35.1 Å². The third-order valence-corrected chi connectivity index (χ3v) is 6.26. The smallest absolute Gasteiger partial charge is 0.335 e. The molecule has 9 heteroatoms. The Morgan fingerprint density at radius 2 is 1.83 bits per heavy atom. The highest BCUT2D eigenvalue weighted by molar-refractivity contribution is 5.74. The second-order valence-electron chi connectivity index (χ2n) is 8.81. The zero-order valence-electron chi connectivity index (χ0n) is 22.4. The molecule has 0 saturated heterocycles. The van der Waals surface area contributed by atoms with E-state index in [-0.39, 0.29) is 18.7 Å². The van der Waals surface area contributed by atoms with Gasteiger partial charge in [0.2, 0.25) is 6.79 Å². The van der Waals surface area contributed by atoms with E-state index in [9.17, 15) is 14.7 Å². The lowest BCUT2D eigenvalue weighted by Crippen LogP contribution is -2.38. The van der Waals surface area contributed by atoms with Crippen molar-refractivity contribution in [1.82, 2.24) is 4.90 Å². The molecular weight excluding hydrogens is 466 g/mol. The van der Waals surface area contributed by atoms with E-state index in [1.807, 2.05) is 32.1 Å². The van der Waals surface area contributed by atoms with Gasteiger partial charge < -0.3 is 33.7 Å². The van der Waals surface area contributed by atoms with Crippen molar-refractivity contribution >= 4 is 11.9 Å². The van der Waals surface area contributed by atoms with Crippen LogP contribution in [0.5, 0.6) is 11.5 Å². The van der Waals surface area contributed by atoms with E-state index >= 15 is 0 Å². The van der Waals surface area contributed by atoms with Crippen LogP contribution in [0, 0.1) is 0 Å². The number of esters is 2. The quantitative estimate of drug-likeness (QED) is 0.397. The Morgan fingerprint density at radius 1 is 1.17 bits per heavy atom. The van der Waals surface area contributed by atoms with Crippen molar-refractivity contribution < 1.29 is 38.4 Å². The Labute approximate surface area is 214 Å². The van der Waals surface area contributed by atoms with Crippen molar-refractivity contribution in [3.63, 3.8) is 0 Å². The molecule has 2 aliphatic rings. The minimum Gasteiger partial charge on any atom is -0.497 e. The van der Waals surface area contributed by atoms with E-state index in [1.165, 1.54) is 14.0 Å². The summed E-state index contributed by atoms with van der Waals surface area (Å²) in [5.74, 6) is 1.02. The van der Waals surface area contributed by atoms with Crippen LogP contribution in [0.4, 0.5) is 0 Å². The molecule has 0 spiro atoms. The Bertz CT molecular complexity index is 900. The molecule has 0 saturated carbocycles. The van der Waals surface area contributed by atoms with Crippen LogP contribution < -0.4 is 9.47 Å². The number of benzene rings is 1. The van der Waals surface area contributed by atoms with Gasteiger partial charge in [0, 0.05) is 25.9 Å². The van der Waals surface area contributed by atoms with Crippen LogP contribution in [0.2, 0.25) is 0 Å². The maximum absolute atomic E-state index is 12.7. The standard InChI is InChI=1S/C24H35NO6.C3H6O2/c1-5-8-19(26)24(27)31-23(20(7-3)28-4)18-14-25(10-6-2)11-9-16-12-21-22(13-17(16)18)30-15-29-21;1-3(4)5-2/h7,12-13,18-19,23,26H,5-6,8-11,14-15H2,1-4H3;1-2H3/b20-7+;. The number of carbonyl (C=O) groups is 2. The van der Waals surface area contributed by atoms with E-state index in [0.29, 0.717) is 30.9 Å². The van der Waals surface area contributed by atoms with Gasteiger partial charge in [-0.3, -0.25) is 4.79 Å². The van der Waals surface area contributed by atoms with Gasteiger partial charge in [-0.05, 0) is 62.1 Å². The molecule has 0 radical (unpaired) electrons. The number of methoxy groups -OCH3 is 2. The molecule has 0 aliphatic carbocycles. The Balaban J connectivity index is 0.000000830. The lowest BCUT2D eigenvalue weighted by molar-refractivity contribution is -0.160. The number of hydrogen-bond acceptors (Lipinski definition) is 9. The van der Waals surface area contributed by atoms with Crippen molar-refractivity contribution in [2.75, 3.05) is 40.6 Å². The molecule has 9 nitrogen and oxygen atoms in total. The fourth-order valence-corrected chi connectivity index (χ4v) is 4.42. The topological polar surface area (TPSA) is 104 Å². The fraction of sp³-hybridized carbons (Fsp3) is 0.630. The average molecular weight is 508 g/mol. The first kappa shape index (κ1) is 29.5. The van der Waals surface area contributed by atoms with Gasteiger partial charge in [0.25, 0.3) is 0 Å². The monoisotopic (exact) mass is 507 g/mol. The zero-order chi connectivity index (χ0) is 26.7. The van der Waals surface area contributed by atoms with Crippen LogP contribution in [0.25, 0.3) is 0 Å².